The van der Waals surface area contributed by atoms with Crippen molar-refractivity contribution in [2.24, 2.45) is 5.92 Å². The van der Waals surface area contributed by atoms with E-state index < -0.39 is 17.7 Å². The maximum Gasteiger partial charge on any atom is 0.416 e. The fraction of sp³-hybridized carbons (Fsp3) is 0.421. The van der Waals surface area contributed by atoms with Gasteiger partial charge in [-0.25, -0.2) is 0 Å². The molecule has 1 saturated heterocycles. The molecule has 28 heavy (non-hydrogen) atoms. The molecule has 1 aliphatic heterocycles. The number of nitrogens with one attached hydrogen (secondary N) is 2. The van der Waals surface area contributed by atoms with Crippen LogP contribution in [-0.4, -0.2) is 33.5 Å². The van der Waals surface area contributed by atoms with Gasteiger partial charge in [0.2, 0.25) is 11.8 Å². The van der Waals surface area contributed by atoms with Crippen LogP contribution in [0.5, 0.6) is 0 Å². The van der Waals surface area contributed by atoms with E-state index in [1.807, 2.05) is 13.0 Å². The largest absolute Gasteiger partial charge is 0.416 e. The Morgan fingerprint density at radius 2 is 2.14 bits per heavy atom. The number of aryl methyl sites for hydroxylation is 1. The quantitative estimate of drug-likeness (QED) is 0.819. The van der Waals surface area contributed by atoms with Crippen LogP contribution >= 0.6 is 0 Å². The Balaban J connectivity index is 1.61. The molecule has 9 heteroatoms. The van der Waals surface area contributed by atoms with Crippen LogP contribution in [0.2, 0.25) is 0 Å². The first-order chi connectivity index (χ1) is 13.2. The number of halogens is 3. The molecule has 0 spiro atoms. The molecule has 6 nitrogen and oxygen atoms in total. The zero-order valence-corrected chi connectivity index (χ0v) is 15.3. The van der Waals surface area contributed by atoms with Gasteiger partial charge in [-0.2, -0.15) is 18.3 Å². The van der Waals surface area contributed by atoms with Gasteiger partial charge in [-0.15, -0.1) is 0 Å². The van der Waals surface area contributed by atoms with E-state index in [4.69, 9.17) is 0 Å². The van der Waals surface area contributed by atoms with E-state index in [0.717, 1.165) is 17.8 Å². The molecule has 1 atom stereocenters. The van der Waals surface area contributed by atoms with Gasteiger partial charge >= 0.3 is 6.18 Å². The summed E-state index contributed by atoms with van der Waals surface area (Å²) in [4.78, 5) is 26.1. The normalized spacial score (nSPS) is 17.6. The number of benzene rings is 1. The molecule has 0 radical (unpaired) electrons. The Morgan fingerprint density at radius 1 is 1.36 bits per heavy atom. The third kappa shape index (κ3) is 4.90. The summed E-state index contributed by atoms with van der Waals surface area (Å²) in [7, 11) is 0. The number of hydrogen-bond donors (Lipinski definition) is 2. The second-order valence-electron chi connectivity index (χ2n) is 6.97. The summed E-state index contributed by atoms with van der Waals surface area (Å²) in [5.41, 5.74) is 1.23. The number of aromatic nitrogens is 2. The number of aromatic amines is 1. The SMILES string of the molecule is Cc1cc(CNC(=O)[C@@H]2CCC(=O)N(Cc3cccc(C(F)(F)F)c3)C2)n[nH]1. The number of carbonyl (C=O) groups is 2. The summed E-state index contributed by atoms with van der Waals surface area (Å²) < 4.78 is 38.6. The van der Waals surface area contributed by atoms with Crippen LogP contribution in [0, 0.1) is 12.8 Å². The minimum atomic E-state index is -4.44. The van der Waals surface area contributed by atoms with Crippen LogP contribution < -0.4 is 5.32 Å². The second-order valence-corrected chi connectivity index (χ2v) is 6.97. The Kier molecular flexibility index (Phi) is 5.71. The Morgan fingerprint density at radius 3 is 2.82 bits per heavy atom. The molecule has 0 bridgehead atoms. The van der Waals surface area contributed by atoms with Gasteiger partial charge in [-0.05, 0) is 37.1 Å². The van der Waals surface area contributed by atoms with E-state index >= 15 is 0 Å². The lowest BCUT2D eigenvalue weighted by Gasteiger charge is -2.32. The molecule has 0 unspecified atom stereocenters. The summed E-state index contributed by atoms with van der Waals surface area (Å²) >= 11 is 0. The summed E-state index contributed by atoms with van der Waals surface area (Å²) in [5, 5.41) is 9.64. The Bertz CT molecular complexity index is 863. The summed E-state index contributed by atoms with van der Waals surface area (Å²) in [6.45, 7) is 2.36. The van der Waals surface area contributed by atoms with E-state index in [0.29, 0.717) is 17.7 Å². The zero-order valence-electron chi connectivity index (χ0n) is 15.3. The van der Waals surface area contributed by atoms with Crippen molar-refractivity contribution in [1.82, 2.24) is 20.4 Å². The van der Waals surface area contributed by atoms with E-state index in [9.17, 15) is 22.8 Å². The lowest BCUT2D eigenvalue weighted by atomic mass is 9.96. The fourth-order valence-corrected chi connectivity index (χ4v) is 3.24. The molecule has 1 aliphatic rings. The van der Waals surface area contributed by atoms with Crippen molar-refractivity contribution in [1.29, 1.82) is 0 Å². The topological polar surface area (TPSA) is 78.1 Å². The van der Waals surface area contributed by atoms with Crippen LogP contribution in [-0.2, 0) is 28.9 Å². The number of hydrogen-bond acceptors (Lipinski definition) is 3. The van der Waals surface area contributed by atoms with Crippen LogP contribution in [0.4, 0.5) is 13.2 Å². The fourth-order valence-electron chi connectivity index (χ4n) is 3.24. The molecule has 0 saturated carbocycles. The molecular formula is C19H21F3N4O2. The van der Waals surface area contributed by atoms with Gasteiger partial charge in [0, 0.05) is 25.2 Å². The maximum absolute atomic E-state index is 12.9. The number of piperidine rings is 1. The Labute approximate surface area is 160 Å². The zero-order chi connectivity index (χ0) is 20.3. The number of amides is 2. The van der Waals surface area contributed by atoms with E-state index in [2.05, 4.69) is 15.5 Å². The predicted molar refractivity (Wildman–Crippen MR) is 94.8 cm³/mol. The van der Waals surface area contributed by atoms with Crippen LogP contribution in [0.15, 0.2) is 30.3 Å². The lowest BCUT2D eigenvalue weighted by Crippen LogP contribution is -2.45. The highest BCUT2D eigenvalue weighted by Crippen LogP contribution is 2.30. The second kappa shape index (κ2) is 8.04. The van der Waals surface area contributed by atoms with Crippen molar-refractivity contribution in [3.05, 3.63) is 52.8 Å². The van der Waals surface area contributed by atoms with Crippen molar-refractivity contribution >= 4 is 11.8 Å². The van der Waals surface area contributed by atoms with Gasteiger partial charge in [0.1, 0.15) is 0 Å². The smallest absolute Gasteiger partial charge is 0.350 e. The molecule has 2 amide bonds. The van der Waals surface area contributed by atoms with Gasteiger partial charge in [-0.3, -0.25) is 14.7 Å². The van der Waals surface area contributed by atoms with Gasteiger partial charge in [0.15, 0.2) is 0 Å². The standard InChI is InChI=1S/C19H21F3N4O2/c1-12-7-16(25-24-12)9-23-18(28)14-5-6-17(27)26(11-14)10-13-3-2-4-15(8-13)19(20,21)22/h2-4,7-8,14H,5-6,9-11H2,1H3,(H,23,28)(H,24,25)/t14-/m1/s1. The molecule has 3 rings (SSSR count). The lowest BCUT2D eigenvalue weighted by molar-refractivity contribution is -0.139. The van der Waals surface area contributed by atoms with E-state index in [1.54, 1.807) is 6.07 Å². The van der Waals surface area contributed by atoms with Crippen molar-refractivity contribution in [2.75, 3.05) is 6.54 Å². The third-order valence-electron chi connectivity index (χ3n) is 4.70. The number of H-pyrrole nitrogens is 1. The minimum absolute atomic E-state index is 0.0467. The molecule has 1 fully saturated rings. The minimum Gasteiger partial charge on any atom is -0.350 e. The van der Waals surface area contributed by atoms with E-state index in [-0.39, 0.29) is 37.9 Å². The number of likely N-dealkylation sites (tertiary alicyclic amines) is 1. The summed E-state index contributed by atoms with van der Waals surface area (Å²) in [6.07, 6.45) is -3.82. The average Bonchev–Trinajstić information content (AvgIpc) is 3.06. The van der Waals surface area contributed by atoms with E-state index in [1.165, 1.54) is 11.0 Å². The van der Waals surface area contributed by atoms with Gasteiger partial charge < -0.3 is 10.2 Å². The highest BCUT2D eigenvalue weighted by Gasteiger charge is 2.32. The van der Waals surface area contributed by atoms with Crippen LogP contribution in [0.3, 0.4) is 0 Å². The molecule has 1 aromatic heterocycles. The molecule has 1 aromatic carbocycles. The van der Waals surface area contributed by atoms with Gasteiger partial charge in [-0.1, -0.05) is 12.1 Å². The molecule has 2 heterocycles. The first-order valence-corrected chi connectivity index (χ1v) is 8.95. The summed E-state index contributed by atoms with van der Waals surface area (Å²) in [5.74, 6) is -0.755. The molecule has 2 aromatic rings. The molecular weight excluding hydrogens is 373 g/mol. The molecule has 150 valence electrons. The molecule has 0 aliphatic carbocycles. The van der Waals surface area contributed by atoms with Crippen molar-refractivity contribution in [3.63, 3.8) is 0 Å². The van der Waals surface area contributed by atoms with Crippen LogP contribution in [0.25, 0.3) is 0 Å². The van der Waals surface area contributed by atoms with Gasteiger partial charge in [0.05, 0.1) is 23.7 Å². The Hall–Kier alpha value is -2.84. The monoisotopic (exact) mass is 394 g/mol. The number of rotatable bonds is 5. The van der Waals surface area contributed by atoms with Gasteiger partial charge in [0.25, 0.3) is 0 Å². The first-order valence-electron chi connectivity index (χ1n) is 8.95. The predicted octanol–water partition coefficient (Wildman–Crippen LogP) is 2.79. The highest BCUT2D eigenvalue weighted by atomic mass is 19.4. The average molecular weight is 394 g/mol. The summed E-state index contributed by atoms with van der Waals surface area (Å²) in [6, 6.07) is 6.73. The van der Waals surface area contributed by atoms with Crippen molar-refractivity contribution in [2.45, 2.75) is 39.0 Å². The van der Waals surface area contributed by atoms with Crippen molar-refractivity contribution in [3.8, 4) is 0 Å². The maximum atomic E-state index is 12.9. The first kappa shape index (κ1) is 19.9. The molecule has 2 N–H and O–H groups in total. The van der Waals surface area contributed by atoms with Crippen molar-refractivity contribution < 1.29 is 22.8 Å². The third-order valence-corrected chi connectivity index (χ3v) is 4.70. The number of alkyl halides is 3. The highest BCUT2D eigenvalue weighted by molar-refractivity contribution is 5.83. The number of nitrogens with zero attached hydrogens (tertiary/aromatic N) is 2. The van der Waals surface area contributed by atoms with Crippen LogP contribution in [0.1, 0.15) is 35.4 Å². The number of carbonyl (C=O) groups excluding carboxylic acids is 2.